The van der Waals surface area contributed by atoms with Gasteiger partial charge >= 0.3 is 23.9 Å². The van der Waals surface area contributed by atoms with Crippen molar-refractivity contribution in [2.24, 2.45) is 5.73 Å². The van der Waals surface area contributed by atoms with Gasteiger partial charge in [-0.3, -0.25) is 19.2 Å². The SMILES string of the molecule is N[C@@H](CC(=O)O)C(=O)O.O=C(O)CCCC(=O)O. The molecule has 9 nitrogen and oxygen atoms in total. The van der Waals surface area contributed by atoms with Crippen molar-refractivity contribution in [3.8, 4) is 0 Å². The number of rotatable bonds is 7. The summed E-state index contributed by atoms with van der Waals surface area (Å²) in [4.78, 5) is 39.2. The molecule has 1 atom stereocenters. The Bertz CT molecular complexity index is 300. The van der Waals surface area contributed by atoms with Gasteiger partial charge < -0.3 is 26.2 Å². The van der Waals surface area contributed by atoms with Gasteiger partial charge in [0.1, 0.15) is 6.04 Å². The van der Waals surface area contributed by atoms with Gasteiger partial charge in [-0.1, -0.05) is 0 Å². The van der Waals surface area contributed by atoms with Crippen molar-refractivity contribution in [2.75, 3.05) is 0 Å². The van der Waals surface area contributed by atoms with Crippen LogP contribution in [0.2, 0.25) is 0 Å². The predicted molar refractivity (Wildman–Crippen MR) is 57.0 cm³/mol. The number of hydrogen-bond donors (Lipinski definition) is 5. The summed E-state index contributed by atoms with van der Waals surface area (Å²) in [5, 5.41) is 32.1. The number of nitrogens with two attached hydrogens (primary N) is 1. The van der Waals surface area contributed by atoms with Gasteiger partial charge in [0.15, 0.2) is 0 Å². The molecule has 0 aliphatic heterocycles. The lowest BCUT2D eigenvalue weighted by atomic mass is 10.2. The largest absolute Gasteiger partial charge is 0.481 e. The highest BCUT2D eigenvalue weighted by Gasteiger charge is 2.14. The van der Waals surface area contributed by atoms with Crippen LogP contribution in [0.15, 0.2) is 0 Å². The second-order valence-electron chi connectivity index (χ2n) is 3.18. The normalized spacial score (nSPS) is 10.7. The molecule has 0 spiro atoms. The predicted octanol–water partition coefficient (Wildman–Crippen LogP) is -0.801. The van der Waals surface area contributed by atoms with E-state index in [1.807, 2.05) is 0 Å². The molecule has 0 aliphatic carbocycles. The quantitative estimate of drug-likeness (QED) is 0.394. The van der Waals surface area contributed by atoms with Crippen LogP contribution in [0.4, 0.5) is 0 Å². The molecule has 0 aromatic rings. The second-order valence-corrected chi connectivity index (χ2v) is 3.18. The van der Waals surface area contributed by atoms with Crippen molar-refractivity contribution in [2.45, 2.75) is 31.7 Å². The van der Waals surface area contributed by atoms with Crippen molar-refractivity contribution in [1.82, 2.24) is 0 Å². The van der Waals surface area contributed by atoms with Crippen LogP contribution in [0.1, 0.15) is 25.7 Å². The summed E-state index contributed by atoms with van der Waals surface area (Å²) in [6.07, 6.45) is -0.446. The van der Waals surface area contributed by atoms with Crippen molar-refractivity contribution < 1.29 is 39.6 Å². The van der Waals surface area contributed by atoms with Crippen molar-refractivity contribution in [3.63, 3.8) is 0 Å². The fourth-order valence-electron chi connectivity index (χ4n) is 0.666. The maximum atomic E-state index is 9.85. The number of carbonyl (C=O) groups is 4. The van der Waals surface area contributed by atoms with E-state index < -0.39 is 36.3 Å². The van der Waals surface area contributed by atoms with Crippen molar-refractivity contribution in [3.05, 3.63) is 0 Å². The van der Waals surface area contributed by atoms with Crippen molar-refractivity contribution >= 4 is 23.9 Å². The van der Waals surface area contributed by atoms with E-state index in [9.17, 15) is 19.2 Å². The minimum absolute atomic E-state index is 0.0632. The molecule has 0 saturated carbocycles. The topological polar surface area (TPSA) is 175 Å². The zero-order valence-corrected chi connectivity index (χ0v) is 9.40. The number of hydrogen-bond acceptors (Lipinski definition) is 5. The van der Waals surface area contributed by atoms with E-state index >= 15 is 0 Å². The molecule has 9 heteroatoms. The number of carboxylic acid groups (broad SMARTS) is 4. The van der Waals surface area contributed by atoms with E-state index in [1.54, 1.807) is 0 Å². The molecule has 0 aromatic carbocycles. The lowest BCUT2D eigenvalue weighted by molar-refractivity contribution is -0.144. The second kappa shape index (κ2) is 10.0. The van der Waals surface area contributed by atoms with Gasteiger partial charge in [0, 0.05) is 12.8 Å². The Morgan fingerprint density at radius 3 is 1.39 bits per heavy atom. The Balaban J connectivity index is 0. The summed E-state index contributed by atoms with van der Waals surface area (Å²) in [6, 6.07) is -1.29. The summed E-state index contributed by atoms with van der Waals surface area (Å²) in [5.41, 5.74) is 4.84. The third-order valence-corrected chi connectivity index (χ3v) is 1.49. The molecule has 0 aliphatic rings. The molecular formula is C9H15NO8. The third-order valence-electron chi connectivity index (χ3n) is 1.49. The maximum absolute atomic E-state index is 9.85. The molecule has 0 fully saturated rings. The summed E-state index contributed by atoms with van der Waals surface area (Å²) in [5.74, 6) is -4.39. The molecule has 0 amide bonds. The third kappa shape index (κ3) is 16.3. The minimum atomic E-state index is -1.29. The molecule has 0 unspecified atom stereocenters. The van der Waals surface area contributed by atoms with Gasteiger partial charge in [0.05, 0.1) is 6.42 Å². The van der Waals surface area contributed by atoms with E-state index in [4.69, 9.17) is 26.2 Å². The fourth-order valence-corrected chi connectivity index (χ4v) is 0.666. The maximum Gasteiger partial charge on any atom is 0.321 e. The molecule has 0 rings (SSSR count). The van der Waals surface area contributed by atoms with Crippen LogP contribution in [-0.2, 0) is 19.2 Å². The van der Waals surface area contributed by atoms with Crippen LogP contribution in [0.3, 0.4) is 0 Å². The van der Waals surface area contributed by atoms with Gasteiger partial charge in [-0.25, -0.2) is 0 Å². The molecule has 0 radical (unpaired) electrons. The summed E-state index contributed by atoms with van der Waals surface area (Å²) in [7, 11) is 0. The van der Waals surface area contributed by atoms with E-state index in [-0.39, 0.29) is 19.3 Å². The standard InChI is InChI=1S/C5H8O4.C4H7NO4/c6-4(7)2-1-3-5(8)9;5-2(4(8)9)1-3(6)7/h1-3H2,(H,6,7)(H,8,9);2H,1,5H2,(H,6,7)(H,8,9)/t;2-/m.0/s1. The molecule has 18 heavy (non-hydrogen) atoms. The van der Waals surface area contributed by atoms with Gasteiger partial charge in [0.2, 0.25) is 0 Å². The molecule has 0 bridgehead atoms. The smallest absolute Gasteiger partial charge is 0.321 e. The highest BCUT2D eigenvalue weighted by Crippen LogP contribution is 1.93. The first kappa shape index (κ1) is 18.2. The van der Waals surface area contributed by atoms with Crippen LogP contribution >= 0.6 is 0 Å². The van der Waals surface area contributed by atoms with Gasteiger partial charge in [0.25, 0.3) is 0 Å². The Morgan fingerprint density at radius 1 is 0.833 bits per heavy atom. The average Bonchev–Trinajstić information content (AvgIpc) is 2.15. The minimum Gasteiger partial charge on any atom is -0.481 e. The van der Waals surface area contributed by atoms with Crippen LogP contribution in [-0.4, -0.2) is 50.3 Å². The highest BCUT2D eigenvalue weighted by molar-refractivity contribution is 5.80. The Hall–Kier alpha value is -2.16. The van der Waals surface area contributed by atoms with Crippen molar-refractivity contribution in [1.29, 1.82) is 0 Å². The number of aliphatic carboxylic acids is 4. The molecule has 0 heterocycles. The van der Waals surface area contributed by atoms with Crippen LogP contribution in [0.5, 0.6) is 0 Å². The zero-order valence-electron chi connectivity index (χ0n) is 9.40. The summed E-state index contributed by atoms with van der Waals surface area (Å²) < 4.78 is 0. The van der Waals surface area contributed by atoms with Crippen LogP contribution in [0.25, 0.3) is 0 Å². The van der Waals surface area contributed by atoms with E-state index in [0.29, 0.717) is 0 Å². The van der Waals surface area contributed by atoms with Crippen LogP contribution in [0, 0.1) is 0 Å². The van der Waals surface area contributed by atoms with Gasteiger partial charge in [-0.2, -0.15) is 0 Å². The average molecular weight is 265 g/mol. The first-order valence-electron chi connectivity index (χ1n) is 4.80. The molecule has 104 valence electrons. The Kier molecular flexibility index (Phi) is 10.1. The monoisotopic (exact) mass is 265 g/mol. The van der Waals surface area contributed by atoms with Gasteiger partial charge in [-0.05, 0) is 6.42 Å². The summed E-state index contributed by atoms with van der Waals surface area (Å²) in [6.45, 7) is 0. The number of carboxylic acids is 4. The first-order chi connectivity index (χ1) is 8.16. The Morgan fingerprint density at radius 2 is 1.22 bits per heavy atom. The molecular weight excluding hydrogens is 250 g/mol. The molecule has 6 N–H and O–H groups in total. The lowest BCUT2D eigenvalue weighted by Gasteiger charge is -1.99. The first-order valence-corrected chi connectivity index (χ1v) is 4.80. The van der Waals surface area contributed by atoms with E-state index in [0.717, 1.165) is 0 Å². The highest BCUT2D eigenvalue weighted by atomic mass is 16.4. The van der Waals surface area contributed by atoms with E-state index in [1.165, 1.54) is 0 Å². The molecule has 0 aromatic heterocycles. The lowest BCUT2D eigenvalue weighted by Crippen LogP contribution is -2.32. The summed E-state index contributed by atoms with van der Waals surface area (Å²) >= 11 is 0. The van der Waals surface area contributed by atoms with Crippen LogP contribution < -0.4 is 5.73 Å². The zero-order chi connectivity index (χ0) is 14.7. The van der Waals surface area contributed by atoms with Gasteiger partial charge in [-0.15, -0.1) is 0 Å². The Labute approximate surface area is 102 Å². The van der Waals surface area contributed by atoms with E-state index in [2.05, 4.69) is 0 Å². The fraction of sp³-hybridized carbons (Fsp3) is 0.556. The molecule has 0 saturated heterocycles.